The summed E-state index contributed by atoms with van der Waals surface area (Å²) in [6, 6.07) is 24.3. The van der Waals surface area contributed by atoms with Gasteiger partial charge in [-0.25, -0.2) is 4.79 Å². The molecule has 8 nitrogen and oxygen atoms in total. The number of benzene rings is 3. The summed E-state index contributed by atoms with van der Waals surface area (Å²) >= 11 is 0. The molecule has 0 aliphatic heterocycles. The van der Waals surface area contributed by atoms with Crippen molar-refractivity contribution >= 4 is 23.7 Å². The van der Waals surface area contributed by atoms with E-state index in [1.54, 1.807) is 91.0 Å². The van der Waals surface area contributed by atoms with E-state index in [-0.39, 0.29) is 12.1 Å². The molecule has 35 heavy (non-hydrogen) atoms. The Kier molecular flexibility index (Phi) is 8.90. The Morgan fingerprint density at radius 2 is 1.17 bits per heavy atom. The summed E-state index contributed by atoms with van der Waals surface area (Å²) in [5.74, 6) is -2.03. The fraction of sp³-hybridized carbons (Fsp3) is 0.111. The quantitative estimate of drug-likeness (QED) is 0.415. The molecule has 0 spiro atoms. The minimum Gasteiger partial charge on any atom is -0.467 e. The number of amides is 3. The van der Waals surface area contributed by atoms with Gasteiger partial charge in [0.2, 0.25) is 0 Å². The van der Waals surface area contributed by atoms with E-state index in [0.29, 0.717) is 16.7 Å². The molecule has 3 N–H and O–H groups in total. The molecule has 0 aromatic heterocycles. The van der Waals surface area contributed by atoms with Crippen molar-refractivity contribution in [2.45, 2.75) is 12.5 Å². The molecule has 0 unspecified atom stereocenters. The third-order valence-corrected chi connectivity index (χ3v) is 4.97. The first kappa shape index (κ1) is 24.9. The van der Waals surface area contributed by atoms with Crippen molar-refractivity contribution < 1.29 is 23.9 Å². The Balaban J connectivity index is 1.83. The number of nitrogens with one attached hydrogen (secondary N) is 3. The highest BCUT2D eigenvalue weighted by atomic mass is 16.5. The number of ether oxygens (including phenoxy) is 1. The maximum Gasteiger partial charge on any atom is 0.328 e. The van der Waals surface area contributed by atoms with Crippen LogP contribution >= 0.6 is 0 Å². The minimum absolute atomic E-state index is 0.140. The second-order valence-electron chi connectivity index (χ2n) is 7.45. The molecule has 0 fully saturated rings. The van der Waals surface area contributed by atoms with E-state index in [1.165, 1.54) is 13.3 Å². The van der Waals surface area contributed by atoms with Crippen molar-refractivity contribution in [2.24, 2.45) is 0 Å². The van der Waals surface area contributed by atoms with E-state index in [1.807, 2.05) is 0 Å². The van der Waals surface area contributed by atoms with Crippen LogP contribution in [0.1, 0.15) is 37.5 Å². The van der Waals surface area contributed by atoms with Crippen LogP contribution in [0.25, 0.3) is 0 Å². The van der Waals surface area contributed by atoms with Crippen LogP contribution in [0.3, 0.4) is 0 Å². The van der Waals surface area contributed by atoms with Gasteiger partial charge in [0, 0.05) is 35.0 Å². The van der Waals surface area contributed by atoms with Crippen LogP contribution in [-0.2, 0) is 9.53 Å². The van der Waals surface area contributed by atoms with Crippen LogP contribution in [0.4, 0.5) is 0 Å². The van der Waals surface area contributed by atoms with Gasteiger partial charge in [0.25, 0.3) is 17.7 Å². The van der Waals surface area contributed by atoms with Crippen molar-refractivity contribution in [3.63, 3.8) is 0 Å². The van der Waals surface area contributed by atoms with E-state index in [2.05, 4.69) is 16.0 Å². The standard InChI is InChI=1S/C27H25N3O5/c1-35-27(34)23(30-26(33)21-15-9-4-10-16-21)17-22(29-25(32)20-13-7-3-8-14-20)18-28-24(31)19-11-5-2-6-12-19/h2-16,18,23H,17H2,1H3,(H,28,31)(H,29,32)(H,30,33)/b22-18+/t23-/m1/s1. The molecule has 3 rings (SSSR count). The molecule has 3 aromatic rings. The zero-order valence-electron chi connectivity index (χ0n) is 19.1. The van der Waals surface area contributed by atoms with Crippen molar-refractivity contribution in [3.8, 4) is 0 Å². The smallest absolute Gasteiger partial charge is 0.328 e. The van der Waals surface area contributed by atoms with Crippen LogP contribution in [0, 0.1) is 0 Å². The van der Waals surface area contributed by atoms with Gasteiger partial charge in [0.15, 0.2) is 0 Å². The molecule has 0 heterocycles. The van der Waals surface area contributed by atoms with Crippen LogP contribution in [-0.4, -0.2) is 36.8 Å². The molecule has 0 radical (unpaired) electrons. The van der Waals surface area contributed by atoms with Crippen LogP contribution < -0.4 is 16.0 Å². The summed E-state index contributed by atoms with van der Waals surface area (Å²) < 4.78 is 4.85. The molecular formula is C27H25N3O5. The molecule has 0 aliphatic rings. The Morgan fingerprint density at radius 3 is 1.66 bits per heavy atom. The predicted octanol–water partition coefficient (Wildman–Crippen LogP) is 3.05. The molecule has 3 amide bonds. The first-order valence-electron chi connectivity index (χ1n) is 10.8. The molecule has 1 atom stereocenters. The summed E-state index contributed by atoms with van der Waals surface area (Å²) in [7, 11) is 1.20. The Morgan fingerprint density at radius 1 is 0.714 bits per heavy atom. The molecular weight excluding hydrogens is 446 g/mol. The number of carbonyl (C=O) groups is 4. The Labute approximate surface area is 203 Å². The average molecular weight is 472 g/mol. The van der Waals surface area contributed by atoms with Crippen LogP contribution in [0.2, 0.25) is 0 Å². The van der Waals surface area contributed by atoms with Gasteiger partial charge in [-0.3, -0.25) is 14.4 Å². The number of methoxy groups -OCH3 is 1. The van der Waals surface area contributed by atoms with Gasteiger partial charge < -0.3 is 20.7 Å². The lowest BCUT2D eigenvalue weighted by Crippen LogP contribution is -2.43. The first-order valence-corrected chi connectivity index (χ1v) is 10.8. The predicted molar refractivity (Wildman–Crippen MR) is 130 cm³/mol. The highest BCUT2D eigenvalue weighted by Gasteiger charge is 2.24. The molecule has 8 heteroatoms. The largest absolute Gasteiger partial charge is 0.467 e. The summed E-state index contributed by atoms with van der Waals surface area (Å²) in [5, 5.41) is 7.96. The number of carbonyl (C=O) groups excluding carboxylic acids is 4. The van der Waals surface area contributed by atoms with Crippen LogP contribution in [0.5, 0.6) is 0 Å². The van der Waals surface area contributed by atoms with Crippen molar-refractivity contribution in [2.75, 3.05) is 7.11 Å². The Hall–Kier alpha value is -4.72. The second-order valence-corrected chi connectivity index (χ2v) is 7.45. The fourth-order valence-corrected chi connectivity index (χ4v) is 3.17. The van der Waals surface area contributed by atoms with Crippen LogP contribution in [0.15, 0.2) is 103 Å². The summed E-state index contributed by atoms with van der Waals surface area (Å²) in [6.45, 7) is 0. The van der Waals surface area contributed by atoms with Gasteiger partial charge in [-0.05, 0) is 36.4 Å². The molecule has 0 saturated carbocycles. The molecule has 0 saturated heterocycles. The van der Waals surface area contributed by atoms with Gasteiger partial charge in [0.05, 0.1) is 7.11 Å². The summed E-state index contributed by atoms with van der Waals surface area (Å²) in [6.07, 6.45) is 1.17. The lowest BCUT2D eigenvalue weighted by atomic mass is 10.1. The first-order chi connectivity index (χ1) is 17.0. The zero-order chi connectivity index (χ0) is 25.0. The summed E-state index contributed by atoms with van der Waals surface area (Å²) in [5.41, 5.74) is 1.36. The highest BCUT2D eigenvalue weighted by Crippen LogP contribution is 2.09. The van der Waals surface area contributed by atoms with Gasteiger partial charge >= 0.3 is 5.97 Å². The fourth-order valence-electron chi connectivity index (χ4n) is 3.17. The third-order valence-electron chi connectivity index (χ3n) is 4.97. The average Bonchev–Trinajstić information content (AvgIpc) is 2.91. The highest BCUT2D eigenvalue weighted by molar-refractivity contribution is 5.98. The third kappa shape index (κ3) is 7.40. The number of esters is 1. The number of hydrogen-bond donors (Lipinski definition) is 3. The monoisotopic (exact) mass is 471 g/mol. The number of hydrogen-bond acceptors (Lipinski definition) is 5. The molecule has 0 aliphatic carbocycles. The van der Waals surface area contributed by atoms with E-state index in [4.69, 9.17) is 4.74 Å². The normalized spacial score (nSPS) is 11.6. The SMILES string of the molecule is COC(=O)[C@@H](C/C(=C\NC(=O)c1ccccc1)NC(=O)c1ccccc1)NC(=O)c1ccccc1. The molecule has 3 aromatic carbocycles. The lowest BCUT2D eigenvalue weighted by Gasteiger charge is -2.19. The number of rotatable bonds is 9. The topological polar surface area (TPSA) is 114 Å². The zero-order valence-corrected chi connectivity index (χ0v) is 19.1. The van der Waals surface area contributed by atoms with E-state index in [0.717, 1.165) is 0 Å². The van der Waals surface area contributed by atoms with Gasteiger partial charge in [-0.2, -0.15) is 0 Å². The molecule has 178 valence electrons. The summed E-state index contributed by atoms with van der Waals surface area (Å²) in [4.78, 5) is 50.4. The van der Waals surface area contributed by atoms with Gasteiger partial charge in [-0.1, -0.05) is 54.6 Å². The lowest BCUT2D eigenvalue weighted by molar-refractivity contribution is -0.142. The van der Waals surface area contributed by atoms with Crippen molar-refractivity contribution in [1.29, 1.82) is 0 Å². The van der Waals surface area contributed by atoms with Gasteiger partial charge in [0.1, 0.15) is 6.04 Å². The second kappa shape index (κ2) is 12.5. The molecule has 0 bridgehead atoms. The van der Waals surface area contributed by atoms with Crippen molar-refractivity contribution in [1.82, 2.24) is 16.0 Å². The van der Waals surface area contributed by atoms with Crippen molar-refractivity contribution in [3.05, 3.63) is 120 Å². The van der Waals surface area contributed by atoms with Gasteiger partial charge in [-0.15, -0.1) is 0 Å². The minimum atomic E-state index is -1.12. The Bertz CT molecular complexity index is 1200. The maximum absolute atomic E-state index is 12.8. The maximum atomic E-state index is 12.8. The van der Waals surface area contributed by atoms with E-state index < -0.39 is 29.7 Å². The van der Waals surface area contributed by atoms with E-state index in [9.17, 15) is 19.2 Å². The van der Waals surface area contributed by atoms with E-state index >= 15 is 0 Å².